The van der Waals surface area contributed by atoms with Crippen LogP contribution in [0, 0.1) is 5.92 Å². The van der Waals surface area contributed by atoms with E-state index in [1.54, 1.807) is 35.2 Å². The van der Waals surface area contributed by atoms with Gasteiger partial charge in [-0.1, -0.05) is 41.9 Å². The van der Waals surface area contributed by atoms with E-state index >= 15 is 0 Å². The molecule has 0 radical (unpaired) electrons. The van der Waals surface area contributed by atoms with E-state index in [0.717, 1.165) is 22.2 Å². The van der Waals surface area contributed by atoms with Gasteiger partial charge in [0.15, 0.2) is 0 Å². The first kappa shape index (κ1) is 24.0. The van der Waals surface area contributed by atoms with Crippen molar-refractivity contribution >= 4 is 52.4 Å². The minimum atomic E-state index is -0.345. The predicted molar refractivity (Wildman–Crippen MR) is 132 cm³/mol. The van der Waals surface area contributed by atoms with Crippen LogP contribution in [0.1, 0.15) is 28.8 Å². The largest absolute Gasteiger partial charge is 0.354 e. The summed E-state index contributed by atoms with van der Waals surface area (Å²) in [7, 11) is 0. The number of nitrogens with zero attached hydrogens (tertiary/aromatic N) is 2. The van der Waals surface area contributed by atoms with Crippen molar-refractivity contribution in [1.82, 2.24) is 15.1 Å². The summed E-state index contributed by atoms with van der Waals surface area (Å²) in [5.41, 5.74) is 1.42. The number of hydrogen-bond acceptors (Lipinski definition) is 5. The summed E-state index contributed by atoms with van der Waals surface area (Å²) in [5.74, 6) is -0.742. The van der Waals surface area contributed by atoms with Gasteiger partial charge in [-0.2, -0.15) is 0 Å². The minimum absolute atomic E-state index is 0.0709. The zero-order chi connectivity index (χ0) is 24.1. The maximum atomic E-state index is 12.6. The Bertz CT molecular complexity index is 1110. The number of piperidine rings is 1. The lowest BCUT2D eigenvalue weighted by molar-refractivity contribution is -0.127. The van der Waals surface area contributed by atoms with Gasteiger partial charge in [-0.05, 0) is 60.5 Å². The van der Waals surface area contributed by atoms with Gasteiger partial charge in [-0.3, -0.25) is 24.1 Å². The molecule has 7 nitrogen and oxygen atoms in total. The zero-order valence-corrected chi connectivity index (χ0v) is 20.0. The highest BCUT2D eigenvalue weighted by atomic mass is 35.5. The number of amides is 4. The van der Waals surface area contributed by atoms with Gasteiger partial charge in [0.2, 0.25) is 5.91 Å². The second-order valence-corrected chi connectivity index (χ2v) is 9.54. The molecule has 176 valence electrons. The van der Waals surface area contributed by atoms with Crippen LogP contribution in [0.4, 0.5) is 4.79 Å². The standard InChI is InChI=1S/C25H24ClN3O4S/c26-20-8-6-19(7-9-20)23(31)28-13-10-18(11-14-28)22(30)27-12-15-29-24(32)21(34-25(29)33)16-17-4-2-1-3-5-17/h1-9,16,18H,10-15H2,(H,27,30)/b21-16-. The van der Waals surface area contributed by atoms with E-state index in [2.05, 4.69) is 5.32 Å². The molecule has 2 heterocycles. The SMILES string of the molecule is O=C(NCCN1C(=O)S/C(=C\c2ccccc2)C1=O)C1CCN(C(=O)c2ccc(Cl)cc2)CC1. The second-order valence-electron chi connectivity index (χ2n) is 8.11. The average molecular weight is 498 g/mol. The minimum Gasteiger partial charge on any atom is -0.354 e. The van der Waals surface area contributed by atoms with Crippen LogP contribution < -0.4 is 5.32 Å². The van der Waals surface area contributed by atoms with Gasteiger partial charge in [0, 0.05) is 42.7 Å². The Labute approximate surface area is 207 Å². The lowest BCUT2D eigenvalue weighted by Crippen LogP contribution is -2.44. The number of carbonyl (C=O) groups is 4. The molecule has 34 heavy (non-hydrogen) atoms. The summed E-state index contributed by atoms with van der Waals surface area (Å²) in [6.45, 7) is 1.30. The molecule has 2 aliphatic rings. The number of rotatable bonds is 6. The van der Waals surface area contributed by atoms with E-state index in [4.69, 9.17) is 11.6 Å². The number of halogens is 1. The van der Waals surface area contributed by atoms with Crippen molar-refractivity contribution in [1.29, 1.82) is 0 Å². The Morgan fingerprint density at radius 3 is 2.38 bits per heavy atom. The van der Waals surface area contributed by atoms with Crippen LogP contribution in [-0.2, 0) is 9.59 Å². The average Bonchev–Trinajstić information content (AvgIpc) is 3.12. The number of hydrogen-bond donors (Lipinski definition) is 1. The molecule has 2 fully saturated rings. The highest BCUT2D eigenvalue weighted by Crippen LogP contribution is 2.31. The Hall–Kier alpha value is -3.10. The topological polar surface area (TPSA) is 86.8 Å². The summed E-state index contributed by atoms with van der Waals surface area (Å²) in [4.78, 5) is 53.3. The summed E-state index contributed by atoms with van der Waals surface area (Å²) in [6, 6.07) is 16.1. The van der Waals surface area contributed by atoms with E-state index in [-0.39, 0.29) is 42.0 Å². The quantitative estimate of drug-likeness (QED) is 0.608. The number of nitrogens with one attached hydrogen (secondary N) is 1. The van der Waals surface area contributed by atoms with Crippen LogP contribution in [0.5, 0.6) is 0 Å². The Kier molecular flexibility index (Phi) is 7.70. The maximum Gasteiger partial charge on any atom is 0.293 e. The van der Waals surface area contributed by atoms with Crippen LogP contribution in [-0.4, -0.2) is 58.9 Å². The van der Waals surface area contributed by atoms with Crippen LogP contribution in [0.25, 0.3) is 6.08 Å². The number of thioether (sulfide) groups is 1. The first-order valence-corrected chi connectivity index (χ1v) is 12.2. The Morgan fingerprint density at radius 2 is 1.71 bits per heavy atom. The van der Waals surface area contributed by atoms with E-state index in [1.807, 2.05) is 30.3 Å². The maximum absolute atomic E-state index is 12.6. The molecule has 9 heteroatoms. The van der Waals surface area contributed by atoms with Crippen molar-refractivity contribution in [3.05, 3.63) is 75.7 Å². The van der Waals surface area contributed by atoms with Crippen molar-refractivity contribution in [2.75, 3.05) is 26.2 Å². The lowest BCUT2D eigenvalue weighted by atomic mass is 9.95. The van der Waals surface area contributed by atoms with Crippen LogP contribution in [0.15, 0.2) is 59.5 Å². The van der Waals surface area contributed by atoms with E-state index in [1.165, 1.54) is 0 Å². The molecule has 2 aromatic rings. The van der Waals surface area contributed by atoms with E-state index in [9.17, 15) is 19.2 Å². The van der Waals surface area contributed by atoms with E-state index in [0.29, 0.717) is 41.4 Å². The first-order chi connectivity index (χ1) is 16.4. The van der Waals surface area contributed by atoms with Crippen LogP contribution >= 0.6 is 23.4 Å². The molecule has 0 spiro atoms. The molecule has 2 aromatic carbocycles. The number of likely N-dealkylation sites (tertiary alicyclic amines) is 1. The summed E-state index contributed by atoms with van der Waals surface area (Å²) in [6.07, 6.45) is 2.82. The van der Waals surface area contributed by atoms with Gasteiger partial charge < -0.3 is 10.2 Å². The second kappa shape index (κ2) is 10.9. The van der Waals surface area contributed by atoms with Gasteiger partial charge in [-0.25, -0.2) is 0 Å². The molecule has 4 amide bonds. The molecule has 0 unspecified atom stereocenters. The third-order valence-electron chi connectivity index (χ3n) is 5.85. The molecule has 2 saturated heterocycles. The smallest absolute Gasteiger partial charge is 0.293 e. The summed E-state index contributed by atoms with van der Waals surface area (Å²) in [5, 5.41) is 3.07. The van der Waals surface area contributed by atoms with Crippen molar-refractivity contribution in [3.63, 3.8) is 0 Å². The van der Waals surface area contributed by atoms with Gasteiger partial charge in [0.1, 0.15) is 0 Å². The molecule has 0 aromatic heterocycles. The Balaban J connectivity index is 1.23. The third kappa shape index (κ3) is 5.69. The molecule has 0 atom stereocenters. The molecule has 0 saturated carbocycles. The van der Waals surface area contributed by atoms with Crippen molar-refractivity contribution in [2.24, 2.45) is 5.92 Å². The highest BCUT2D eigenvalue weighted by molar-refractivity contribution is 8.18. The normalized spacial score (nSPS) is 18.0. The first-order valence-electron chi connectivity index (χ1n) is 11.1. The van der Waals surface area contributed by atoms with Crippen molar-refractivity contribution in [3.8, 4) is 0 Å². The zero-order valence-electron chi connectivity index (χ0n) is 18.4. The molecule has 1 N–H and O–H groups in total. The van der Waals surface area contributed by atoms with Crippen molar-refractivity contribution in [2.45, 2.75) is 12.8 Å². The fraction of sp³-hybridized carbons (Fsp3) is 0.280. The monoisotopic (exact) mass is 497 g/mol. The summed E-state index contributed by atoms with van der Waals surface area (Å²) >= 11 is 6.79. The van der Waals surface area contributed by atoms with Crippen LogP contribution in [0.2, 0.25) is 5.02 Å². The Morgan fingerprint density at radius 1 is 1.03 bits per heavy atom. The van der Waals surface area contributed by atoms with Gasteiger partial charge in [-0.15, -0.1) is 0 Å². The molecule has 0 aliphatic carbocycles. The van der Waals surface area contributed by atoms with Crippen LogP contribution in [0.3, 0.4) is 0 Å². The lowest BCUT2D eigenvalue weighted by Gasteiger charge is -2.31. The van der Waals surface area contributed by atoms with Gasteiger partial charge in [0.05, 0.1) is 4.91 Å². The summed E-state index contributed by atoms with van der Waals surface area (Å²) < 4.78 is 0. The third-order valence-corrected chi connectivity index (χ3v) is 7.01. The van der Waals surface area contributed by atoms with Crippen molar-refractivity contribution < 1.29 is 19.2 Å². The number of benzene rings is 2. The highest BCUT2D eigenvalue weighted by Gasteiger charge is 2.35. The fourth-order valence-corrected chi connectivity index (χ4v) is 4.94. The molecule has 2 aliphatic heterocycles. The molecule has 0 bridgehead atoms. The van der Waals surface area contributed by atoms with E-state index < -0.39 is 0 Å². The fourth-order valence-electron chi connectivity index (χ4n) is 3.95. The molecular formula is C25H24ClN3O4S. The van der Waals surface area contributed by atoms with Gasteiger partial charge in [0.25, 0.3) is 17.1 Å². The molecular weight excluding hydrogens is 474 g/mol. The number of imide groups is 1. The van der Waals surface area contributed by atoms with Gasteiger partial charge >= 0.3 is 0 Å². The predicted octanol–water partition coefficient (Wildman–Crippen LogP) is 4.04. The number of carbonyl (C=O) groups excluding carboxylic acids is 4. The molecule has 4 rings (SSSR count).